The van der Waals surface area contributed by atoms with Gasteiger partial charge in [0.05, 0.1) is 5.75 Å². The molecule has 102 valence electrons. The van der Waals surface area contributed by atoms with Crippen LogP contribution in [0.4, 0.5) is 4.79 Å². The summed E-state index contributed by atoms with van der Waals surface area (Å²) in [7, 11) is 1.38. The minimum atomic E-state index is -0.669. The second-order valence-electron chi connectivity index (χ2n) is 3.39. The van der Waals surface area contributed by atoms with Crippen molar-refractivity contribution < 1.29 is 19.1 Å². The molecule has 0 heterocycles. The van der Waals surface area contributed by atoms with E-state index in [1.165, 1.54) is 18.8 Å². The van der Waals surface area contributed by atoms with Crippen molar-refractivity contribution >= 4 is 29.7 Å². The second-order valence-corrected chi connectivity index (χ2v) is 4.44. The highest BCUT2D eigenvalue weighted by atomic mass is 32.2. The Bertz CT molecular complexity index is 450. The number of imide groups is 1. The first kappa shape index (κ1) is 15.0. The maximum Gasteiger partial charge on any atom is 0.321 e. The van der Waals surface area contributed by atoms with Gasteiger partial charge in [0.25, 0.3) is 5.91 Å². The SMILES string of the molecule is CNC(=O)NC(=O)COC(=O)CSc1ccccc1. The Labute approximate surface area is 114 Å². The molecule has 0 fully saturated rings. The van der Waals surface area contributed by atoms with Crippen molar-refractivity contribution in [3.8, 4) is 0 Å². The molecule has 6 nitrogen and oxygen atoms in total. The lowest BCUT2D eigenvalue weighted by molar-refractivity contribution is -0.145. The lowest BCUT2D eigenvalue weighted by atomic mass is 10.4. The highest BCUT2D eigenvalue weighted by Gasteiger charge is 2.10. The number of ether oxygens (including phenoxy) is 1. The summed E-state index contributed by atoms with van der Waals surface area (Å²) < 4.78 is 4.72. The maximum absolute atomic E-state index is 11.4. The van der Waals surface area contributed by atoms with E-state index in [-0.39, 0.29) is 5.75 Å². The smallest absolute Gasteiger partial charge is 0.321 e. The van der Waals surface area contributed by atoms with E-state index in [2.05, 4.69) is 5.32 Å². The highest BCUT2D eigenvalue weighted by molar-refractivity contribution is 8.00. The maximum atomic E-state index is 11.4. The van der Waals surface area contributed by atoms with Gasteiger partial charge < -0.3 is 10.1 Å². The van der Waals surface area contributed by atoms with E-state index < -0.39 is 24.5 Å². The molecule has 0 atom stereocenters. The number of thioether (sulfide) groups is 1. The van der Waals surface area contributed by atoms with E-state index >= 15 is 0 Å². The first-order valence-electron chi connectivity index (χ1n) is 5.47. The molecule has 2 N–H and O–H groups in total. The molecule has 1 rings (SSSR count). The Balaban J connectivity index is 2.21. The van der Waals surface area contributed by atoms with Crippen LogP contribution in [-0.4, -0.2) is 37.3 Å². The van der Waals surface area contributed by atoms with E-state index in [4.69, 9.17) is 4.74 Å². The number of carbonyl (C=O) groups is 3. The minimum Gasteiger partial charge on any atom is -0.455 e. The Morgan fingerprint density at radius 1 is 1.21 bits per heavy atom. The number of carbonyl (C=O) groups excluding carboxylic acids is 3. The molecule has 0 aromatic heterocycles. The molecule has 0 aliphatic carbocycles. The lowest BCUT2D eigenvalue weighted by Crippen LogP contribution is -2.39. The topological polar surface area (TPSA) is 84.5 Å². The van der Waals surface area contributed by atoms with E-state index in [0.29, 0.717) is 0 Å². The average Bonchev–Trinajstić information content (AvgIpc) is 2.43. The quantitative estimate of drug-likeness (QED) is 0.616. The molecule has 0 radical (unpaired) electrons. The second kappa shape index (κ2) is 8.15. The van der Waals surface area contributed by atoms with Crippen LogP contribution in [0.25, 0.3) is 0 Å². The van der Waals surface area contributed by atoms with Crippen LogP contribution in [0.15, 0.2) is 35.2 Å². The van der Waals surface area contributed by atoms with Gasteiger partial charge in [0, 0.05) is 11.9 Å². The molecule has 0 unspecified atom stereocenters. The van der Waals surface area contributed by atoms with Crippen LogP contribution in [0.1, 0.15) is 0 Å². The molecule has 0 saturated heterocycles. The van der Waals surface area contributed by atoms with E-state index in [1.807, 2.05) is 35.6 Å². The monoisotopic (exact) mass is 282 g/mol. The number of benzene rings is 1. The van der Waals surface area contributed by atoms with E-state index in [0.717, 1.165) is 4.90 Å². The van der Waals surface area contributed by atoms with Crippen molar-refractivity contribution in [2.75, 3.05) is 19.4 Å². The summed E-state index contributed by atoms with van der Waals surface area (Å²) >= 11 is 1.31. The van der Waals surface area contributed by atoms with Crippen LogP contribution in [-0.2, 0) is 14.3 Å². The zero-order valence-electron chi connectivity index (χ0n) is 10.3. The van der Waals surface area contributed by atoms with Crippen molar-refractivity contribution in [1.82, 2.24) is 10.6 Å². The largest absolute Gasteiger partial charge is 0.455 e. The number of hydrogen-bond acceptors (Lipinski definition) is 5. The summed E-state index contributed by atoms with van der Waals surface area (Å²) in [5, 5.41) is 4.20. The number of rotatable bonds is 5. The van der Waals surface area contributed by atoms with Gasteiger partial charge in [-0.05, 0) is 12.1 Å². The number of urea groups is 1. The molecule has 1 aromatic rings. The van der Waals surface area contributed by atoms with Crippen molar-refractivity contribution in [2.45, 2.75) is 4.90 Å². The number of nitrogens with one attached hydrogen (secondary N) is 2. The van der Waals surface area contributed by atoms with Crippen molar-refractivity contribution in [1.29, 1.82) is 0 Å². The molecule has 0 bridgehead atoms. The summed E-state index contributed by atoms with van der Waals surface area (Å²) in [4.78, 5) is 34.2. The highest BCUT2D eigenvalue weighted by Crippen LogP contribution is 2.16. The molecule has 0 aliphatic heterocycles. The van der Waals surface area contributed by atoms with Gasteiger partial charge in [0.1, 0.15) is 0 Å². The first-order valence-corrected chi connectivity index (χ1v) is 6.45. The lowest BCUT2D eigenvalue weighted by Gasteiger charge is -2.05. The molecular weight excluding hydrogens is 268 g/mol. The fourth-order valence-electron chi connectivity index (χ4n) is 1.07. The van der Waals surface area contributed by atoms with Gasteiger partial charge >= 0.3 is 12.0 Å². The third-order valence-electron chi connectivity index (χ3n) is 1.94. The fourth-order valence-corrected chi connectivity index (χ4v) is 1.79. The summed E-state index contributed by atoms with van der Waals surface area (Å²) in [5.41, 5.74) is 0. The summed E-state index contributed by atoms with van der Waals surface area (Å²) in [6, 6.07) is 8.71. The normalized spacial score (nSPS) is 9.53. The van der Waals surface area contributed by atoms with Gasteiger partial charge in [0.2, 0.25) is 0 Å². The Hall–Kier alpha value is -2.02. The van der Waals surface area contributed by atoms with Gasteiger partial charge in [0.15, 0.2) is 6.61 Å². The number of hydrogen-bond donors (Lipinski definition) is 2. The Kier molecular flexibility index (Phi) is 6.45. The molecule has 3 amide bonds. The zero-order valence-corrected chi connectivity index (χ0v) is 11.2. The minimum absolute atomic E-state index is 0.108. The third kappa shape index (κ3) is 6.46. The van der Waals surface area contributed by atoms with Crippen LogP contribution < -0.4 is 10.6 Å². The standard InChI is InChI=1S/C12H14N2O4S/c1-13-12(17)14-10(15)7-18-11(16)8-19-9-5-3-2-4-6-9/h2-6H,7-8H2,1H3,(H2,13,14,15,17). The fraction of sp³-hybridized carbons (Fsp3) is 0.250. The third-order valence-corrected chi connectivity index (χ3v) is 2.93. The molecule has 1 aromatic carbocycles. The van der Waals surface area contributed by atoms with Crippen molar-refractivity contribution in [3.63, 3.8) is 0 Å². The van der Waals surface area contributed by atoms with Gasteiger partial charge in [-0.1, -0.05) is 18.2 Å². The molecule has 0 spiro atoms. The molecule has 19 heavy (non-hydrogen) atoms. The molecular formula is C12H14N2O4S. The van der Waals surface area contributed by atoms with E-state index in [1.54, 1.807) is 0 Å². The van der Waals surface area contributed by atoms with E-state index in [9.17, 15) is 14.4 Å². The van der Waals surface area contributed by atoms with Crippen LogP contribution in [0.5, 0.6) is 0 Å². The zero-order chi connectivity index (χ0) is 14.1. The average molecular weight is 282 g/mol. The van der Waals surface area contributed by atoms with Gasteiger partial charge in [-0.15, -0.1) is 11.8 Å². The first-order chi connectivity index (χ1) is 9.11. The van der Waals surface area contributed by atoms with Crippen LogP contribution in [0, 0.1) is 0 Å². The Morgan fingerprint density at radius 2 is 1.89 bits per heavy atom. The summed E-state index contributed by atoms with van der Waals surface area (Å²) in [5.74, 6) is -1.07. The van der Waals surface area contributed by atoms with Crippen LogP contribution in [0.3, 0.4) is 0 Å². The summed E-state index contributed by atoms with van der Waals surface area (Å²) in [6.07, 6.45) is 0. The van der Waals surface area contributed by atoms with Crippen LogP contribution in [0.2, 0.25) is 0 Å². The molecule has 7 heteroatoms. The van der Waals surface area contributed by atoms with Gasteiger partial charge in [-0.2, -0.15) is 0 Å². The molecule has 0 saturated carbocycles. The number of amides is 3. The van der Waals surface area contributed by atoms with Gasteiger partial charge in [-0.25, -0.2) is 4.79 Å². The van der Waals surface area contributed by atoms with Crippen molar-refractivity contribution in [3.05, 3.63) is 30.3 Å². The number of esters is 1. The predicted molar refractivity (Wildman–Crippen MR) is 70.7 cm³/mol. The van der Waals surface area contributed by atoms with Crippen molar-refractivity contribution in [2.24, 2.45) is 0 Å². The predicted octanol–water partition coefficient (Wildman–Crippen LogP) is 0.777. The Morgan fingerprint density at radius 3 is 2.53 bits per heavy atom. The summed E-state index contributed by atoms with van der Waals surface area (Å²) in [6.45, 7) is -0.471. The van der Waals surface area contributed by atoms with Crippen LogP contribution >= 0.6 is 11.8 Å². The van der Waals surface area contributed by atoms with Gasteiger partial charge in [-0.3, -0.25) is 14.9 Å². The molecule has 0 aliphatic rings.